The Bertz CT molecular complexity index is 1190. The van der Waals surface area contributed by atoms with Crippen LogP contribution in [0.4, 0.5) is 0 Å². The number of carbonyl (C=O) groups is 1. The zero-order valence-electron chi connectivity index (χ0n) is 17.4. The minimum Gasteiger partial charge on any atom is -0.491 e. The predicted octanol–water partition coefficient (Wildman–Crippen LogP) is 1.66. The van der Waals surface area contributed by atoms with Crippen LogP contribution < -0.4 is 24.2 Å². The molecule has 0 fully saturated rings. The van der Waals surface area contributed by atoms with Gasteiger partial charge in [0.2, 0.25) is 16.8 Å². The van der Waals surface area contributed by atoms with Gasteiger partial charge in [0.15, 0.2) is 11.5 Å². The summed E-state index contributed by atoms with van der Waals surface area (Å²) in [6.45, 7) is 0.0815. The van der Waals surface area contributed by atoms with E-state index in [0.717, 1.165) is 0 Å². The average molecular weight is 474 g/mol. The van der Waals surface area contributed by atoms with Gasteiger partial charge in [0.25, 0.3) is 5.91 Å². The highest BCUT2D eigenvalue weighted by atomic mass is 32.2. The van der Waals surface area contributed by atoms with E-state index < -0.39 is 22.0 Å². The number of nitrogens with one attached hydrogen (secondary N) is 2. The number of aliphatic hydroxyl groups is 1. The molecular formula is C22H22N2O8S. The first-order valence-corrected chi connectivity index (χ1v) is 11.5. The predicted molar refractivity (Wildman–Crippen MR) is 116 cm³/mol. The van der Waals surface area contributed by atoms with Gasteiger partial charge < -0.3 is 29.1 Å². The molecule has 1 aliphatic rings. The number of hydrogen-bond donors (Lipinski definition) is 3. The molecule has 1 amide bonds. The van der Waals surface area contributed by atoms with Crippen molar-refractivity contribution in [3.8, 4) is 17.2 Å². The maximum atomic E-state index is 12.4. The van der Waals surface area contributed by atoms with Crippen LogP contribution in [-0.2, 0) is 16.6 Å². The molecule has 0 saturated heterocycles. The Hall–Kier alpha value is -3.54. The number of hydrogen-bond acceptors (Lipinski definition) is 8. The molecule has 1 unspecified atom stereocenters. The largest absolute Gasteiger partial charge is 0.491 e. The number of sulfonamides is 1. The van der Waals surface area contributed by atoms with Crippen molar-refractivity contribution in [2.24, 2.45) is 0 Å². The summed E-state index contributed by atoms with van der Waals surface area (Å²) in [5.74, 6) is 1.72. The van der Waals surface area contributed by atoms with Gasteiger partial charge in [-0.2, -0.15) is 0 Å². The Labute approximate surface area is 190 Å². The normalized spacial score (nSPS) is 13.5. The van der Waals surface area contributed by atoms with Crippen LogP contribution in [0.15, 0.2) is 70.2 Å². The lowest BCUT2D eigenvalue weighted by Gasteiger charge is -2.14. The number of furan rings is 1. The smallest absolute Gasteiger partial charge is 0.251 e. The van der Waals surface area contributed by atoms with Crippen molar-refractivity contribution in [1.82, 2.24) is 10.0 Å². The lowest BCUT2D eigenvalue weighted by Crippen LogP contribution is -2.35. The van der Waals surface area contributed by atoms with Crippen molar-refractivity contribution in [3.63, 3.8) is 0 Å². The van der Waals surface area contributed by atoms with Crippen molar-refractivity contribution in [2.75, 3.05) is 19.9 Å². The average Bonchev–Trinajstić information content (AvgIpc) is 3.51. The monoisotopic (exact) mass is 474 g/mol. The van der Waals surface area contributed by atoms with E-state index in [-0.39, 0.29) is 36.9 Å². The van der Waals surface area contributed by atoms with Crippen molar-refractivity contribution < 1.29 is 36.9 Å². The van der Waals surface area contributed by atoms with E-state index in [2.05, 4.69) is 10.0 Å². The summed E-state index contributed by atoms with van der Waals surface area (Å²) in [5.41, 5.74) is 0.254. The minimum atomic E-state index is -3.76. The van der Waals surface area contributed by atoms with E-state index in [1.807, 2.05) is 0 Å². The van der Waals surface area contributed by atoms with Gasteiger partial charge in [-0.05, 0) is 48.5 Å². The van der Waals surface area contributed by atoms with Gasteiger partial charge in [-0.15, -0.1) is 0 Å². The van der Waals surface area contributed by atoms with Gasteiger partial charge in [0.1, 0.15) is 24.2 Å². The van der Waals surface area contributed by atoms with E-state index in [1.54, 1.807) is 30.3 Å². The molecule has 10 nitrogen and oxygen atoms in total. The zero-order chi connectivity index (χ0) is 23.3. The van der Waals surface area contributed by atoms with E-state index in [0.29, 0.717) is 23.0 Å². The second kappa shape index (κ2) is 9.94. The molecule has 0 spiro atoms. The first kappa shape index (κ1) is 22.6. The molecule has 3 aromatic rings. The maximum Gasteiger partial charge on any atom is 0.251 e. The Balaban J connectivity index is 1.24. The van der Waals surface area contributed by atoms with Gasteiger partial charge in [-0.1, -0.05) is 0 Å². The van der Waals surface area contributed by atoms with Crippen LogP contribution in [0.2, 0.25) is 0 Å². The Kier molecular flexibility index (Phi) is 6.82. The summed E-state index contributed by atoms with van der Waals surface area (Å²) in [7, 11) is -3.76. The Morgan fingerprint density at radius 2 is 1.88 bits per heavy atom. The first-order valence-electron chi connectivity index (χ1n) is 10.0. The molecule has 0 radical (unpaired) electrons. The fourth-order valence-electron chi connectivity index (χ4n) is 2.98. The summed E-state index contributed by atoms with van der Waals surface area (Å²) in [6, 6.07) is 13.8. The van der Waals surface area contributed by atoms with Gasteiger partial charge in [0.05, 0.1) is 17.7 Å². The van der Waals surface area contributed by atoms with Gasteiger partial charge in [-0.3, -0.25) is 4.79 Å². The van der Waals surface area contributed by atoms with Gasteiger partial charge in [-0.25, -0.2) is 13.1 Å². The lowest BCUT2D eigenvalue weighted by molar-refractivity contribution is 0.0843. The SMILES string of the molecule is O=C(NCC(O)COc1ccc2c(c1)OCO2)c1ccc(S(=O)(=O)NCc2ccco2)cc1. The van der Waals surface area contributed by atoms with Crippen molar-refractivity contribution in [3.05, 3.63) is 72.2 Å². The zero-order valence-corrected chi connectivity index (χ0v) is 18.2. The minimum absolute atomic E-state index is 0.0165. The molecule has 174 valence electrons. The molecule has 1 atom stereocenters. The number of ether oxygens (including phenoxy) is 3. The van der Waals surface area contributed by atoms with Crippen LogP contribution in [-0.4, -0.2) is 45.5 Å². The number of rotatable bonds is 10. The molecule has 0 saturated carbocycles. The molecule has 3 N–H and O–H groups in total. The molecule has 33 heavy (non-hydrogen) atoms. The first-order chi connectivity index (χ1) is 15.9. The fourth-order valence-corrected chi connectivity index (χ4v) is 3.97. The van der Waals surface area contributed by atoms with Crippen LogP contribution in [0.1, 0.15) is 16.1 Å². The number of benzene rings is 2. The maximum absolute atomic E-state index is 12.4. The third kappa shape index (κ3) is 5.83. The third-order valence-corrected chi connectivity index (χ3v) is 6.15. The quantitative estimate of drug-likeness (QED) is 0.404. The number of fused-ring (bicyclic) bond motifs is 1. The Morgan fingerprint density at radius 1 is 1.09 bits per heavy atom. The van der Waals surface area contributed by atoms with Crippen molar-refractivity contribution >= 4 is 15.9 Å². The van der Waals surface area contributed by atoms with E-state index in [9.17, 15) is 18.3 Å². The van der Waals surface area contributed by atoms with Crippen LogP contribution in [0.25, 0.3) is 0 Å². The van der Waals surface area contributed by atoms with Crippen molar-refractivity contribution in [1.29, 1.82) is 0 Å². The topological polar surface area (TPSA) is 136 Å². The highest BCUT2D eigenvalue weighted by Crippen LogP contribution is 2.35. The second-order valence-corrected chi connectivity index (χ2v) is 8.89. The van der Waals surface area contributed by atoms with E-state index in [1.165, 1.54) is 30.5 Å². The highest BCUT2D eigenvalue weighted by molar-refractivity contribution is 7.89. The van der Waals surface area contributed by atoms with Crippen LogP contribution in [0.5, 0.6) is 17.2 Å². The summed E-state index contributed by atoms with van der Waals surface area (Å²) < 4.78 is 48.3. The summed E-state index contributed by atoms with van der Waals surface area (Å²) in [4.78, 5) is 12.3. The van der Waals surface area contributed by atoms with Gasteiger partial charge in [0, 0.05) is 18.2 Å². The summed E-state index contributed by atoms with van der Waals surface area (Å²) in [5, 5.41) is 12.7. The lowest BCUT2D eigenvalue weighted by atomic mass is 10.2. The van der Waals surface area contributed by atoms with Crippen molar-refractivity contribution in [2.45, 2.75) is 17.5 Å². The molecule has 11 heteroatoms. The summed E-state index contributed by atoms with van der Waals surface area (Å²) >= 11 is 0. The standard InChI is InChI=1S/C22H22N2O8S/c25-16(13-30-17-5-8-20-21(10-17)32-14-31-20)11-23-22(26)15-3-6-19(7-4-15)33(27,28)24-12-18-2-1-9-29-18/h1-10,16,24-25H,11-14H2,(H,23,26). The second-order valence-electron chi connectivity index (χ2n) is 7.12. The molecule has 2 aromatic carbocycles. The fraction of sp³-hybridized carbons (Fsp3) is 0.227. The van der Waals surface area contributed by atoms with E-state index in [4.69, 9.17) is 18.6 Å². The number of amides is 1. The third-order valence-electron chi connectivity index (χ3n) is 4.73. The highest BCUT2D eigenvalue weighted by Gasteiger charge is 2.17. The number of carbonyl (C=O) groups excluding carboxylic acids is 1. The molecule has 0 bridgehead atoms. The Morgan fingerprint density at radius 3 is 2.64 bits per heavy atom. The molecule has 2 heterocycles. The van der Waals surface area contributed by atoms with Crippen LogP contribution in [0, 0.1) is 0 Å². The van der Waals surface area contributed by atoms with Crippen LogP contribution >= 0.6 is 0 Å². The number of aliphatic hydroxyl groups excluding tert-OH is 1. The van der Waals surface area contributed by atoms with Gasteiger partial charge >= 0.3 is 0 Å². The summed E-state index contributed by atoms with van der Waals surface area (Å²) in [6.07, 6.45) is 0.502. The van der Waals surface area contributed by atoms with Crippen LogP contribution in [0.3, 0.4) is 0 Å². The molecular weight excluding hydrogens is 452 g/mol. The molecule has 4 rings (SSSR count). The molecule has 1 aromatic heterocycles. The van der Waals surface area contributed by atoms with E-state index >= 15 is 0 Å². The molecule has 0 aliphatic carbocycles. The molecule has 1 aliphatic heterocycles.